The van der Waals surface area contributed by atoms with Crippen LogP contribution in [0.4, 0.5) is 0 Å². The number of carboxylic acid groups (broad SMARTS) is 1. The summed E-state index contributed by atoms with van der Waals surface area (Å²) in [6.07, 6.45) is 8.31. The molecule has 7 heteroatoms. The lowest BCUT2D eigenvalue weighted by Crippen LogP contribution is -2.38. The molecule has 0 spiro atoms. The van der Waals surface area contributed by atoms with Crippen LogP contribution in [0.25, 0.3) is 0 Å². The van der Waals surface area contributed by atoms with E-state index in [0.29, 0.717) is 10.7 Å². The predicted octanol–water partition coefficient (Wildman–Crippen LogP) is 2.62. The highest BCUT2D eigenvalue weighted by Gasteiger charge is 2.39. The van der Waals surface area contributed by atoms with E-state index < -0.39 is 5.97 Å². The van der Waals surface area contributed by atoms with Gasteiger partial charge in [0.25, 0.3) is 0 Å². The van der Waals surface area contributed by atoms with Gasteiger partial charge in [0.1, 0.15) is 5.82 Å². The van der Waals surface area contributed by atoms with E-state index in [-0.39, 0.29) is 5.75 Å². The smallest absolute Gasteiger partial charge is 0.313 e. The van der Waals surface area contributed by atoms with Crippen molar-refractivity contribution in [2.45, 2.75) is 54.5 Å². The Kier molecular flexibility index (Phi) is 3.99. The summed E-state index contributed by atoms with van der Waals surface area (Å²) in [4.78, 5) is 10.8. The maximum atomic E-state index is 10.8. The maximum absolute atomic E-state index is 10.8. The Labute approximate surface area is 126 Å². The number of carbonyl (C=O) groups is 1. The minimum atomic E-state index is -0.805. The van der Waals surface area contributed by atoms with Crippen LogP contribution in [0, 0.1) is 0 Å². The molecule has 1 N–H and O–H groups in total. The highest BCUT2D eigenvalue weighted by Crippen LogP contribution is 2.46. The fourth-order valence-corrected chi connectivity index (χ4v) is 4.23. The number of nitrogens with zero attached hydrogens (tertiary/aromatic N) is 3. The molecule has 2 saturated carbocycles. The molecule has 0 atom stereocenters. The first-order valence-corrected chi connectivity index (χ1v) is 9.17. The second kappa shape index (κ2) is 5.60. The third-order valence-electron chi connectivity index (χ3n) is 4.16. The molecule has 0 radical (unpaired) electrons. The van der Waals surface area contributed by atoms with Crippen molar-refractivity contribution in [3.05, 3.63) is 5.82 Å². The molecule has 2 aliphatic carbocycles. The molecule has 0 unspecified atom stereocenters. The first-order valence-electron chi connectivity index (χ1n) is 6.96. The van der Waals surface area contributed by atoms with Crippen molar-refractivity contribution >= 4 is 29.5 Å². The van der Waals surface area contributed by atoms with Crippen LogP contribution >= 0.6 is 23.5 Å². The molecule has 2 aliphatic rings. The van der Waals surface area contributed by atoms with E-state index in [9.17, 15) is 4.79 Å². The number of hydrogen-bond donors (Lipinski definition) is 1. The summed E-state index contributed by atoms with van der Waals surface area (Å²) in [5.41, 5.74) is 0. The Bertz CT molecular complexity index is 504. The fraction of sp³-hybridized carbons (Fsp3) is 0.769. The SMILES string of the molecule is CSC1(Cn2c(SCC(=O)O)nnc2C2CC2)CCC1. The maximum Gasteiger partial charge on any atom is 0.313 e. The van der Waals surface area contributed by atoms with Crippen LogP contribution in [0.15, 0.2) is 5.16 Å². The van der Waals surface area contributed by atoms with Gasteiger partial charge < -0.3 is 9.67 Å². The molecule has 110 valence electrons. The normalized spacial score (nSPS) is 20.6. The predicted molar refractivity (Wildman–Crippen MR) is 80.5 cm³/mol. The van der Waals surface area contributed by atoms with Crippen molar-refractivity contribution in [2.75, 3.05) is 12.0 Å². The van der Waals surface area contributed by atoms with E-state index in [2.05, 4.69) is 21.0 Å². The van der Waals surface area contributed by atoms with Crippen molar-refractivity contribution in [3.63, 3.8) is 0 Å². The lowest BCUT2D eigenvalue weighted by molar-refractivity contribution is -0.133. The summed E-state index contributed by atoms with van der Waals surface area (Å²) >= 11 is 3.22. The first-order chi connectivity index (χ1) is 9.63. The van der Waals surface area contributed by atoms with E-state index in [1.807, 2.05) is 11.8 Å². The fourth-order valence-electron chi connectivity index (χ4n) is 2.61. The van der Waals surface area contributed by atoms with Gasteiger partial charge in [-0.2, -0.15) is 11.8 Å². The molecular formula is C13H19N3O2S2. The second-order valence-corrected chi connectivity index (χ2v) is 7.84. The minimum Gasteiger partial charge on any atom is -0.481 e. The van der Waals surface area contributed by atoms with Crippen LogP contribution in [-0.2, 0) is 11.3 Å². The summed E-state index contributed by atoms with van der Waals surface area (Å²) in [5.74, 6) is 0.856. The topological polar surface area (TPSA) is 68.0 Å². The Morgan fingerprint density at radius 3 is 2.70 bits per heavy atom. The number of aromatic nitrogens is 3. The number of aliphatic carboxylic acids is 1. The zero-order valence-electron chi connectivity index (χ0n) is 11.5. The van der Waals surface area contributed by atoms with Crippen LogP contribution in [0.3, 0.4) is 0 Å². The summed E-state index contributed by atoms with van der Waals surface area (Å²) in [6, 6.07) is 0. The van der Waals surface area contributed by atoms with Crippen LogP contribution in [-0.4, -0.2) is 42.6 Å². The Hall–Kier alpha value is -0.690. The Morgan fingerprint density at radius 1 is 1.45 bits per heavy atom. The summed E-state index contributed by atoms with van der Waals surface area (Å²) in [5, 5.41) is 18.2. The zero-order valence-corrected chi connectivity index (χ0v) is 13.2. The lowest BCUT2D eigenvalue weighted by atomic mass is 9.84. The average molecular weight is 313 g/mol. The molecule has 1 aromatic heterocycles. The van der Waals surface area contributed by atoms with Crippen molar-refractivity contribution in [2.24, 2.45) is 0 Å². The molecule has 1 heterocycles. The molecule has 0 amide bonds. The molecule has 0 saturated heterocycles. The van der Waals surface area contributed by atoms with Gasteiger partial charge >= 0.3 is 5.97 Å². The monoisotopic (exact) mass is 313 g/mol. The quantitative estimate of drug-likeness (QED) is 0.781. The Morgan fingerprint density at radius 2 is 2.20 bits per heavy atom. The Balaban J connectivity index is 1.81. The van der Waals surface area contributed by atoms with E-state index in [1.165, 1.54) is 43.9 Å². The molecule has 5 nitrogen and oxygen atoms in total. The third-order valence-corrected chi connectivity index (χ3v) is 6.51. The number of hydrogen-bond acceptors (Lipinski definition) is 5. The molecule has 0 bridgehead atoms. The molecule has 1 aromatic rings. The number of rotatable bonds is 7. The van der Waals surface area contributed by atoms with Gasteiger partial charge in [0, 0.05) is 17.2 Å². The summed E-state index contributed by atoms with van der Waals surface area (Å²) < 4.78 is 2.51. The minimum absolute atomic E-state index is 0.0507. The van der Waals surface area contributed by atoms with Crippen LogP contribution in [0.1, 0.15) is 43.8 Å². The molecule has 20 heavy (non-hydrogen) atoms. The highest BCUT2D eigenvalue weighted by atomic mass is 32.2. The molecule has 3 rings (SSSR count). The zero-order chi connectivity index (χ0) is 14.2. The highest BCUT2D eigenvalue weighted by molar-refractivity contribution is 8.00. The van der Waals surface area contributed by atoms with Crippen molar-refractivity contribution in [3.8, 4) is 0 Å². The second-order valence-electron chi connectivity index (χ2n) is 5.62. The average Bonchev–Trinajstić information content (AvgIpc) is 3.14. The van der Waals surface area contributed by atoms with E-state index in [1.54, 1.807) is 0 Å². The van der Waals surface area contributed by atoms with E-state index in [4.69, 9.17) is 5.11 Å². The molecule has 2 fully saturated rings. The van der Waals surface area contributed by atoms with Gasteiger partial charge in [-0.25, -0.2) is 0 Å². The van der Waals surface area contributed by atoms with Crippen molar-refractivity contribution < 1.29 is 9.90 Å². The summed E-state index contributed by atoms with van der Waals surface area (Å²) in [7, 11) is 0. The number of thioether (sulfide) groups is 2. The van der Waals surface area contributed by atoms with E-state index in [0.717, 1.165) is 17.5 Å². The van der Waals surface area contributed by atoms with Crippen LogP contribution in [0.5, 0.6) is 0 Å². The standard InChI is InChI=1S/C13H19N3O2S2/c1-19-13(5-2-6-13)8-16-11(9-3-4-9)14-15-12(16)20-7-10(17)18/h9H,2-8H2,1H3,(H,17,18). The van der Waals surface area contributed by atoms with Crippen molar-refractivity contribution in [1.29, 1.82) is 0 Å². The third kappa shape index (κ3) is 2.83. The van der Waals surface area contributed by atoms with Crippen molar-refractivity contribution in [1.82, 2.24) is 14.8 Å². The summed E-state index contributed by atoms with van der Waals surface area (Å²) in [6.45, 7) is 0.926. The molecule has 0 aromatic carbocycles. The lowest BCUT2D eigenvalue weighted by Gasteiger charge is -2.41. The molecule has 0 aliphatic heterocycles. The largest absolute Gasteiger partial charge is 0.481 e. The molecular weight excluding hydrogens is 294 g/mol. The first kappa shape index (κ1) is 14.3. The van der Waals surface area contributed by atoms with E-state index >= 15 is 0 Å². The van der Waals surface area contributed by atoms with Gasteiger partial charge in [-0.3, -0.25) is 4.79 Å². The van der Waals surface area contributed by atoms with Gasteiger partial charge in [-0.1, -0.05) is 18.2 Å². The van der Waals surface area contributed by atoms with Gasteiger partial charge in [0.2, 0.25) is 0 Å². The van der Waals surface area contributed by atoms with Gasteiger partial charge in [0.05, 0.1) is 5.75 Å². The van der Waals surface area contributed by atoms with Crippen LogP contribution < -0.4 is 0 Å². The van der Waals surface area contributed by atoms with Gasteiger partial charge in [-0.05, 0) is 31.9 Å². The van der Waals surface area contributed by atoms with Crippen LogP contribution in [0.2, 0.25) is 0 Å². The number of carboxylic acids is 1. The van der Waals surface area contributed by atoms with Gasteiger partial charge in [-0.15, -0.1) is 10.2 Å². The van der Waals surface area contributed by atoms with Gasteiger partial charge in [0.15, 0.2) is 5.16 Å².